The fourth-order valence-corrected chi connectivity index (χ4v) is 4.73. The maximum Gasteiger partial charge on any atom is 0.326 e. The largest absolute Gasteiger partial charge is 0.465 e. The summed E-state index contributed by atoms with van der Waals surface area (Å²) in [7, 11) is 1.94. The number of rotatable bonds is 10. The third-order valence-corrected chi connectivity index (χ3v) is 6.73. The van der Waals surface area contributed by atoms with Crippen molar-refractivity contribution in [2.45, 2.75) is 71.3 Å². The monoisotopic (exact) mass is 492 g/mol. The quantitative estimate of drug-likeness (QED) is 0.401. The van der Waals surface area contributed by atoms with Crippen molar-refractivity contribution in [1.82, 2.24) is 19.5 Å². The molecule has 0 unspecified atom stereocenters. The van der Waals surface area contributed by atoms with Gasteiger partial charge in [-0.3, -0.25) is 14.9 Å². The minimum Gasteiger partial charge on any atom is -0.465 e. The number of nitrogens with one attached hydrogen (secondary N) is 1. The molecule has 1 saturated carbocycles. The van der Waals surface area contributed by atoms with Gasteiger partial charge in [-0.2, -0.15) is 9.97 Å². The van der Waals surface area contributed by atoms with Crippen molar-refractivity contribution in [3.05, 3.63) is 41.7 Å². The van der Waals surface area contributed by atoms with E-state index in [1.807, 2.05) is 24.1 Å². The predicted octanol–water partition coefficient (Wildman–Crippen LogP) is 4.93. The highest BCUT2D eigenvalue weighted by molar-refractivity contribution is 6.04. The van der Waals surface area contributed by atoms with E-state index in [9.17, 15) is 9.59 Å². The average molecular weight is 493 g/mol. The van der Waals surface area contributed by atoms with Gasteiger partial charge in [0.05, 0.1) is 12.9 Å². The maximum atomic E-state index is 13.1. The van der Waals surface area contributed by atoms with Crippen LogP contribution in [0.1, 0.15) is 80.6 Å². The summed E-state index contributed by atoms with van der Waals surface area (Å²) in [5.41, 5.74) is 2.90. The standard InChI is InChI=1S/C27H36N6O3/c1-4-6-16-32(3)24-23-25(33(18-28-23)17-22(34)36-5-2)30-27(29-24)31-26(35)21-14-12-20(13-15-21)19-10-8-7-9-11-19/h12-15,18-19H,4-11,16-17H2,1-3H3,(H,29,30,31,35). The molecule has 1 aliphatic carbocycles. The van der Waals surface area contributed by atoms with Crippen LogP contribution in [0.25, 0.3) is 11.2 Å². The topological polar surface area (TPSA) is 102 Å². The van der Waals surface area contributed by atoms with Crippen molar-refractivity contribution in [2.75, 3.05) is 30.4 Å². The van der Waals surface area contributed by atoms with Gasteiger partial charge in [0.15, 0.2) is 17.0 Å². The number of aromatic nitrogens is 4. The molecular formula is C27H36N6O3. The van der Waals surface area contributed by atoms with Crippen molar-refractivity contribution >= 4 is 34.8 Å². The third-order valence-electron chi connectivity index (χ3n) is 6.73. The van der Waals surface area contributed by atoms with E-state index in [4.69, 9.17) is 4.74 Å². The Bertz CT molecular complexity index is 1180. The molecule has 0 aliphatic heterocycles. The number of imidazole rings is 1. The normalized spacial score (nSPS) is 14.1. The number of nitrogens with zero attached hydrogens (tertiary/aromatic N) is 5. The Labute approximate surface area is 212 Å². The molecule has 0 saturated heterocycles. The zero-order valence-electron chi connectivity index (χ0n) is 21.5. The lowest BCUT2D eigenvalue weighted by Crippen LogP contribution is -2.22. The van der Waals surface area contributed by atoms with E-state index in [0.717, 1.165) is 19.4 Å². The summed E-state index contributed by atoms with van der Waals surface area (Å²) in [5, 5.41) is 2.85. The van der Waals surface area contributed by atoms with E-state index >= 15 is 0 Å². The number of benzene rings is 1. The molecule has 1 amide bonds. The van der Waals surface area contributed by atoms with Gasteiger partial charge in [0.1, 0.15) is 6.54 Å². The number of fused-ring (bicyclic) bond motifs is 1. The number of hydrogen-bond donors (Lipinski definition) is 1. The highest BCUT2D eigenvalue weighted by Crippen LogP contribution is 2.32. The van der Waals surface area contributed by atoms with E-state index in [0.29, 0.717) is 35.1 Å². The lowest BCUT2D eigenvalue weighted by molar-refractivity contribution is -0.143. The van der Waals surface area contributed by atoms with E-state index in [-0.39, 0.29) is 24.4 Å². The van der Waals surface area contributed by atoms with Crippen molar-refractivity contribution in [3.8, 4) is 0 Å². The molecule has 0 atom stereocenters. The van der Waals surface area contributed by atoms with Crippen LogP contribution >= 0.6 is 0 Å². The zero-order chi connectivity index (χ0) is 25.5. The van der Waals surface area contributed by atoms with Crippen molar-refractivity contribution in [2.24, 2.45) is 0 Å². The Balaban J connectivity index is 1.59. The molecule has 9 nitrogen and oxygen atoms in total. The third kappa shape index (κ3) is 6.01. The van der Waals surface area contributed by atoms with Crippen LogP contribution in [0.15, 0.2) is 30.6 Å². The summed E-state index contributed by atoms with van der Waals surface area (Å²) in [5.74, 6) is 0.720. The van der Waals surface area contributed by atoms with Crippen LogP contribution in [-0.2, 0) is 16.1 Å². The Morgan fingerprint density at radius 1 is 1.11 bits per heavy atom. The van der Waals surface area contributed by atoms with Gasteiger partial charge < -0.3 is 14.2 Å². The van der Waals surface area contributed by atoms with Crippen molar-refractivity contribution in [1.29, 1.82) is 0 Å². The molecule has 3 aromatic rings. The smallest absolute Gasteiger partial charge is 0.326 e. The second-order valence-electron chi connectivity index (χ2n) is 9.41. The Kier molecular flexibility index (Phi) is 8.51. The number of unbranched alkanes of at least 4 members (excludes halogenated alkanes) is 1. The Morgan fingerprint density at radius 2 is 1.86 bits per heavy atom. The average Bonchev–Trinajstić information content (AvgIpc) is 3.29. The predicted molar refractivity (Wildman–Crippen MR) is 140 cm³/mol. The number of ether oxygens (including phenoxy) is 1. The van der Waals surface area contributed by atoms with Crippen LogP contribution in [0.3, 0.4) is 0 Å². The molecule has 0 bridgehead atoms. The first kappa shape index (κ1) is 25.6. The molecule has 1 aliphatic rings. The van der Waals surface area contributed by atoms with Gasteiger partial charge in [0.25, 0.3) is 5.91 Å². The molecular weight excluding hydrogens is 456 g/mol. The number of carbonyl (C=O) groups is 2. The number of anilines is 2. The number of carbonyl (C=O) groups excluding carboxylic acids is 2. The van der Waals surface area contributed by atoms with E-state index < -0.39 is 0 Å². The minimum atomic E-state index is -0.375. The Hall–Kier alpha value is -3.49. The second kappa shape index (κ2) is 12.0. The first-order valence-corrected chi connectivity index (χ1v) is 13.0. The lowest BCUT2D eigenvalue weighted by Gasteiger charge is -2.22. The highest BCUT2D eigenvalue weighted by Gasteiger charge is 2.20. The van der Waals surface area contributed by atoms with Crippen LogP contribution in [0.4, 0.5) is 11.8 Å². The first-order valence-electron chi connectivity index (χ1n) is 13.0. The number of hydrogen-bond acceptors (Lipinski definition) is 7. The van der Waals surface area contributed by atoms with E-state index in [1.54, 1.807) is 17.8 Å². The molecule has 0 radical (unpaired) electrons. The first-order chi connectivity index (χ1) is 17.5. The molecule has 9 heteroatoms. The summed E-state index contributed by atoms with van der Waals surface area (Å²) >= 11 is 0. The maximum absolute atomic E-state index is 13.1. The van der Waals surface area contributed by atoms with Crippen LogP contribution < -0.4 is 10.2 Å². The minimum absolute atomic E-state index is 0.0184. The fraction of sp³-hybridized carbons (Fsp3) is 0.519. The second-order valence-corrected chi connectivity index (χ2v) is 9.41. The summed E-state index contributed by atoms with van der Waals surface area (Å²) in [6.45, 7) is 4.95. The molecule has 36 heavy (non-hydrogen) atoms. The molecule has 1 aromatic carbocycles. The van der Waals surface area contributed by atoms with Gasteiger partial charge in [-0.1, -0.05) is 44.7 Å². The molecule has 4 rings (SSSR count). The Morgan fingerprint density at radius 3 is 2.56 bits per heavy atom. The molecule has 1 fully saturated rings. The van der Waals surface area contributed by atoms with E-state index in [2.05, 4.69) is 39.3 Å². The summed E-state index contributed by atoms with van der Waals surface area (Å²) in [6, 6.07) is 7.87. The lowest BCUT2D eigenvalue weighted by atomic mass is 9.84. The van der Waals surface area contributed by atoms with Gasteiger partial charge in [0, 0.05) is 19.2 Å². The van der Waals surface area contributed by atoms with Gasteiger partial charge in [-0.25, -0.2) is 4.98 Å². The summed E-state index contributed by atoms with van der Waals surface area (Å²) < 4.78 is 6.72. The molecule has 192 valence electrons. The van der Waals surface area contributed by atoms with Crippen LogP contribution in [0.5, 0.6) is 0 Å². The van der Waals surface area contributed by atoms with Crippen LogP contribution in [0, 0.1) is 0 Å². The number of esters is 1. The molecule has 0 spiro atoms. The molecule has 2 aromatic heterocycles. The number of amides is 1. The SMILES string of the molecule is CCCCN(C)c1nc(NC(=O)c2ccc(C3CCCCC3)cc2)nc2c1ncn2CC(=O)OCC. The summed E-state index contributed by atoms with van der Waals surface area (Å²) in [6.07, 6.45) is 9.87. The fourth-order valence-electron chi connectivity index (χ4n) is 4.73. The molecule has 2 heterocycles. The van der Waals surface area contributed by atoms with Gasteiger partial charge in [-0.05, 0) is 49.8 Å². The van der Waals surface area contributed by atoms with Crippen LogP contribution in [0.2, 0.25) is 0 Å². The van der Waals surface area contributed by atoms with E-state index in [1.165, 1.54) is 37.7 Å². The van der Waals surface area contributed by atoms with Crippen molar-refractivity contribution in [3.63, 3.8) is 0 Å². The van der Waals surface area contributed by atoms with Gasteiger partial charge in [-0.15, -0.1) is 0 Å². The molecule has 1 N–H and O–H groups in total. The highest BCUT2D eigenvalue weighted by atomic mass is 16.5. The van der Waals surface area contributed by atoms with Gasteiger partial charge >= 0.3 is 5.97 Å². The summed E-state index contributed by atoms with van der Waals surface area (Å²) in [4.78, 5) is 40.8. The zero-order valence-corrected chi connectivity index (χ0v) is 21.5. The van der Waals surface area contributed by atoms with Crippen LogP contribution in [-0.4, -0.2) is 51.6 Å². The van der Waals surface area contributed by atoms with Gasteiger partial charge in [0.2, 0.25) is 5.95 Å². The van der Waals surface area contributed by atoms with Crippen molar-refractivity contribution < 1.29 is 14.3 Å².